The number of halogens is 1. The minimum atomic E-state index is -0.500. The summed E-state index contributed by atoms with van der Waals surface area (Å²) in [5.74, 6) is 0.244. The molecule has 2 aromatic rings. The first kappa shape index (κ1) is 18.6. The lowest BCUT2D eigenvalue weighted by Gasteiger charge is -2.33. The number of nitrogens with zero attached hydrogens (tertiary/aromatic N) is 3. The molecule has 1 amide bonds. The third-order valence-corrected chi connectivity index (χ3v) is 4.75. The highest BCUT2D eigenvalue weighted by atomic mass is 32.1. The van der Waals surface area contributed by atoms with Gasteiger partial charge in [-0.05, 0) is 39.7 Å². The summed E-state index contributed by atoms with van der Waals surface area (Å²) in [5, 5.41) is 5.66. The zero-order valence-electron chi connectivity index (χ0n) is 15.2. The van der Waals surface area contributed by atoms with Crippen molar-refractivity contribution in [3.8, 4) is 0 Å². The van der Waals surface area contributed by atoms with E-state index in [2.05, 4.69) is 15.3 Å². The Kier molecular flexibility index (Phi) is 5.41. The van der Waals surface area contributed by atoms with Gasteiger partial charge in [-0.2, -0.15) is 0 Å². The van der Waals surface area contributed by atoms with E-state index in [0.29, 0.717) is 24.0 Å². The molecular weight excluding hydrogens is 355 g/mol. The normalized spacial score (nSPS) is 17.8. The Morgan fingerprint density at radius 3 is 3.00 bits per heavy atom. The van der Waals surface area contributed by atoms with E-state index >= 15 is 0 Å². The van der Waals surface area contributed by atoms with E-state index in [1.165, 1.54) is 29.7 Å². The van der Waals surface area contributed by atoms with Crippen LogP contribution in [0, 0.1) is 5.82 Å². The summed E-state index contributed by atoms with van der Waals surface area (Å²) >= 11 is 1.44. The maximum atomic E-state index is 13.3. The predicted molar refractivity (Wildman–Crippen MR) is 99.4 cm³/mol. The molecule has 1 aliphatic heterocycles. The third-order valence-electron chi connectivity index (χ3n) is 3.97. The van der Waals surface area contributed by atoms with Gasteiger partial charge in [0.1, 0.15) is 17.2 Å². The molecular formula is C18H23FN4O2S. The molecule has 8 heteroatoms. The number of aromatic nitrogens is 2. The van der Waals surface area contributed by atoms with Gasteiger partial charge in [0, 0.05) is 36.7 Å². The maximum Gasteiger partial charge on any atom is 0.410 e. The number of likely N-dealkylation sites (tertiary alicyclic amines) is 1. The number of thiazole rings is 1. The number of carbonyl (C=O) groups is 1. The average molecular weight is 378 g/mol. The van der Waals surface area contributed by atoms with Gasteiger partial charge in [-0.3, -0.25) is 0 Å². The monoisotopic (exact) mass is 378 g/mol. The first-order valence-electron chi connectivity index (χ1n) is 8.62. The van der Waals surface area contributed by atoms with Gasteiger partial charge in [-0.15, -0.1) is 11.3 Å². The van der Waals surface area contributed by atoms with Crippen molar-refractivity contribution in [3.05, 3.63) is 35.2 Å². The van der Waals surface area contributed by atoms with Gasteiger partial charge in [0.2, 0.25) is 0 Å². The van der Waals surface area contributed by atoms with Crippen LogP contribution in [0.15, 0.2) is 23.7 Å². The lowest BCUT2D eigenvalue weighted by molar-refractivity contribution is 0.0197. The Hall–Kier alpha value is -2.22. The summed E-state index contributed by atoms with van der Waals surface area (Å²) in [6.45, 7) is 6.89. The molecule has 0 aromatic carbocycles. The Morgan fingerprint density at radius 1 is 1.46 bits per heavy atom. The van der Waals surface area contributed by atoms with Crippen molar-refractivity contribution in [1.29, 1.82) is 0 Å². The van der Waals surface area contributed by atoms with Crippen LogP contribution in [-0.2, 0) is 4.74 Å². The lowest BCUT2D eigenvalue weighted by Crippen LogP contribution is -2.42. The number of nitrogens with one attached hydrogen (secondary N) is 1. The smallest absolute Gasteiger partial charge is 0.410 e. The highest BCUT2D eigenvalue weighted by molar-refractivity contribution is 7.13. The Balaban J connectivity index is 1.64. The standard InChI is InChI=1S/C18H23FN4O2S/c1-18(2,3)25-17(24)23-8-4-5-12(10-23)14-11-26-16(21-14)22-15-9-13(19)6-7-20-15/h6-7,9,11-12H,4-5,8,10H2,1-3H3,(H,20,21,22)/t12-/m1/s1. The zero-order chi connectivity index (χ0) is 18.7. The van der Waals surface area contributed by atoms with Crippen LogP contribution < -0.4 is 5.32 Å². The average Bonchev–Trinajstić information content (AvgIpc) is 3.02. The van der Waals surface area contributed by atoms with Gasteiger partial charge in [0.25, 0.3) is 0 Å². The summed E-state index contributed by atoms with van der Waals surface area (Å²) in [5.41, 5.74) is 0.432. The van der Waals surface area contributed by atoms with E-state index in [4.69, 9.17) is 4.74 Å². The molecule has 0 aliphatic carbocycles. The molecule has 6 nitrogen and oxygen atoms in total. The fourth-order valence-electron chi connectivity index (χ4n) is 2.82. The largest absolute Gasteiger partial charge is 0.444 e. The van der Waals surface area contributed by atoms with Crippen molar-refractivity contribution < 1.29 is 13.9 Å². The SMILES string of the molecule is CC(C)(C)OC(=O)N1CCC[C@@H](c2csc(Nc3cc(F)ccn3)n2)C1. The minimum absolute atomic E-state index is 0.170. The molecule has 0 bridgehead atoms. The van der Waals surface area contributed by atoms with E-state index in [1.54, 1.807) is 4.90 Å². The number of hydrogen-bond donors (Lipinski definition) is 1. The van der Waals surface area contributed by atoms with E-state index in [9.17, 15) is 9.18 Å². The number of hydrogen-bond acceptors (Lipinski definition) is 6. The summed E-state index contributed by atoms with van der Waals surface area (Å²) < 4.78 is 18.7. The molecule has 1 N–H and O–H groups in total. The van der Waals surface area contributed by atoms with E-state index < -0.39 is 5.60 Å². The highest BCUT2D eigenvalue weighted by Crippen LogP contribution is 2.31. The second-order valence-electron chi connectivity index (χ2n) is 7.33. The number of pyridine rings is 1. The molecule has 2 aromatic heterocycles. The van der Waals surface area contributed by atoms with Gasteiger partial charge in [-0.25, -0.2) is 19.2 Å². The van der Waals surface area contributed by atoms with Crippen molar-refractivity contribution in [1.82, 2.24) is 14.9 Å². The molecule has 3 heterocycles. The molecule has 1 fully saturated rings. The fourth-order valence-corrected chi connectivity index (χ4v) is 3.62. The van der Waals surface area contributed by atoms with E-state index in [1.807, 2.05) is 26.2 Å². The molecule has 0 unspecified atom stereocenters. The first-order valence-corrected chi connectivity index (χ1v) is 9.50. The number of amides is 1. The molecule has 0 spiro atoms. The number of piperidine rings is 1. The number of carbonyl (C=O) groups excluding carboxylic acids is 1. The quantitative estimate of drug-likeness (QED) is 0.850. The second-order valence-corrected chi connectivity index (χ2v) is 8.19. The molecule has 1 atom stereocenters. The summed E-state index contributed by atoms with van der Waals surface area (Å²) in [4.78, 5) is 22.7. The van der Waals surface area contributed by atoms with Crippen molar-refractivity contribution >= 4 is 28.4 Å². The Labute approximate surface area is 156 Å². The summed E-state index contributed by atoms with van der Waals surface area (Å²) in [6, 6.07) is 2.62. The number of anilines is 2. The zero-order valence-corrected chi connectivity index (χ0v) is 16.0. The predicted octanol–water partition coefficient (Wildman–Crippen LogP) is 4.54. The molecule has 140 valence electrons. The van der Waals surface area contributed by atoms with Crippen LogP contribution in [0.3, 0.4) is 0 Å². The van der Waals surface area contributed by atoms with Crippen LogP contribution in [0.4, 0.5) is 20.1 Å². The van der Waals surface area contributed by atoms with Crippen LogP contribution in [-0.4, -0.2) is 39.7 Å². The third kappa shape index (κ3) is 4.91. The van der Waals surface area contributed by atoms with Crippen LogP contribution in [0.2, 0.25) is 0 Å². The number of rotatable bonds is 3. The van der Waals surface area contributed by atoms with Crippen molar-refractivity contribution in [2.75, 3.05) is 18.4 Å². The second kappa shape index (κ2) is 7.57. The van der Waals surface area contributed by atoms with Crippen LogP contribution in [0.1, 0.15) is 45.2 Å². The molecule has 26 heavy (non-hydrogen) atoms. The molecule has 1 saturated heterocycles. The summed E-state index contributed by atoms with van der Waals surface area (Å²) in [6.07, 6.45) is 3.02. The topological polar surface area (TPSA) is 67.3 Å². The Bertz CT molecular complexity index is 775. The van der Waals surface area contributed by atoms with Gasteiger partial charge in [-0.1, -0.05) is 0 Å². The molecule has 0 radical (unpaired) electrons. The van der Waals surface area contributed by atoms with Crippen LogP contribution in [0.5, 0.6) is 0 Å². The van der Waals surface area contributed by atoms with Crippen molar-refractivity contribution in [2.24, 2.45) is 0 Å². The van der Waals surface area contributed by atoms with Crippen molar-refractivity contribution in [3.63, 3.8) is 0 Å². The molecule has 1 aliphatic rings. The van der Waals surface area contributed by atoms with Gasteiger partial charge in [0.05, 0.1) is 5.69 Å². The van der Waals surface area contributed by atoms with E-state index in [0.717, 1.165) is 18.5 Å². The molecule has 3 rings (SSSR count). The highest BCUT2D eigenvalue weighted by Gasteiger charge is 2.29. The van der Waals surface area contributed by atoms with Crippen LogP contribution >= 0.6 is 11.3 Å². The number of ether oxygens (including phenoxy) is 1. The summed E-state index contributed by atoms with van der Waals surface area (Å²) in [7, 11) is 0. The van der Waals surface area contributed by atoms with Crippen LogP contribution in [0.25, 0.3) is 0 Å². The maximum absolute atomic E-state index is 13.3. The fraction of sp³-hybridized carbons (Fsp3) is 0.500. The van der Waals surface area contributed by atoms with Crippen molar-refractivity contribution in [2.45, 2.75) is 45.1 Å². The van der Waals surface area contributed by atoms with Gasteiger partial charge >= 0.3 is 6.09 Å². The first-order chi connectivity index (χ1) is 12.3. The van der Waals surface area contributed by atoms with Gasteiger partial charge < -0.3 is 15.0 Å². The van der Waals surface area contributed by atoms with E-state index in [-0.39, 0.29) is 17.8 Å². The minimum Gasteiger partial charge on any atom is -0.444 e. The Morgan fingerprint density at radius 2 is 2.27 bits per heavy atom. The lowest BCUT2D eigenvalue weighted by atomic mass is 9.96. The molecule has 0 saturated carbocycles. The van der Waals surface area contributed by atoms with Gasteiger partial charge in [0.15, 0.2) is 5.13 Å².